The van der Waals surface area contributed by atoms with E-state index in [9.17, 15) is 9.59 Å². The highest BCUT2D eigenvalue weighted by Gasteiger charge is 2.38. The first-order valence-electron chi connectivity index (χ1n) is 10.4. The average molecular weight is 415 g/mol. The largest absolute Gasteiger partial charge is 0.364 e. The van der Waals surface area contributed by atoms with E-state index in [1.54, 1.807) is 0 Å². The topological polar surface area (TPSA) is 70.1 Å². The summed E-state index contributed by atoms with van der Waals surface area (Å²) in [7, 11) is 1.96. The molecule has 152 valence electrons. The number of nitrogens with zero attached hydrogens (tertiary/aromatic N) is 2. The van der Waals surface area contributed by atoms with Crippen LogP contribution in [0.3, 0.4) is 0 Å². The molecule has 0 radical (unpaired) electrons. The summed E-state index contributed by atoms with van der Waals surface area (Å²) >= 11 is 1.23. The van der Waals surface area contributed by atoms with Gasteiger partial charge in [-0.05, 0) is 63.2 Å². The lowest BCUT2D eigenvalue weighted by Gasteiger charge is -2.28. The average Bonchev–Trinajstić information content (AvgIpc) is 3.40. The minimum Gasteiger partial charge on any atom is -0.364 e. The number of likely N-dealkylation sites (N-methyl/N-ethyl adjacent to an activating group) is 1. The lowest BCUT2D eigenvalue weighted by Crippen LogP contribution is -2.32. The van der Waals surface area contributed by atoms with E-state index in [4.69, 9.17) is 0 Å². The van der Waals surface area contributed by atoms with Crippen LogP contribution < -0.4 is 21.2 Å². The Kier molecular flexibility index (Phi) is 3.75. The summed E-state index contributed by atoms with van der Waals surface area (Å²) in [6.07, 6.45) is 5.84. The van der Waals surface area contributed by atoms with Crippen molar-refractivity contribution in [3.05, 3.63) is 38.0 Å². The molecule has 0 bridgehead atoms. The standard InChI is InChI=1S/C21H23FN4O2S/c1-23-10-7-12-3-2-4-13-17-14(8-15(22)18(13)25(12)9-10)19(27)16-20(28)24-29-21(16)26(17)11-5-6-11/h8,10-12,23H,2-7,9H2,1H3,(H,24,28)/t10?,12-/m1/s1. The van der Waals surface area contributed by atoms with Crippen molar-refractivity contribution in [1.29, 1.82) is 0 Å². The molecule has 4 heterocycles. The number of halogens is 1. The van der Waals surface area contributed by atoms with Crippen molar-refractivity contribution in [2.45, 2.75) is 56.7 Å². The van der Waals surface area contributed by atoms with Gasteiger partial charge in [-0.1, -0.05) is 0 Å². The molecule has 2 N–H and O–H groups in total. The van der Waals surface area contributed by atoms with E-state index in [0.29, 0.717) is 28.0 Å². The second kappa shape index (κ2) is 6.15. The van der Waals surface area contributed by atoms with E-state index in [-0.39, 0.29) is 28.2 Å². The van der Waals surface area contributed by atoms with Crippen molar-refractivity contribution in [2.24, 2.45) is 0 Å². The lowest BCUT2D eigenvalue weighted by molar-refractivity contribution is 0.547. The highest BCUT2D eigenvalue weighted by Crippen LogP contribution is 2.45. The number of rotatable bonds is 2. The molecule has 2 aromatic heterocycles. The molecule has 0 amide bonds. The number of nitrogens with one attached hydrogen (secondary N) is 2. The summed E-state index contributed by atoms with van der Waals surface area (Å²) in [5.41, 5.74) is 1.77. The van der Waals surface area contributed by atoms with E-state index < -0.39 is 0 Å². The van der Waals surface area contributed by atoms with Crippen molar-refractivity contribution < 1.29 is 4.39 Å². The third kappa shape index (κ3) is 2.42. The number of aromatic amines is 1. The monoisotopic (exact) mass is 414 g/mol. The number of anilines is 1. The van der Waals surface area contributed by atoms with Gasteiger partial charge < -0.3 is 14.8 Å². The normalized spacial score (nSPS) is 24.1. The molecule has 8 heteroatoms. The molecule has 0 spiro atoms. The second-order valence-corrected chi connectivity index (χ2v) is 9.44. The Morgan fingerprint density at radius 1 is 1.24 bits per heavy atom. The van der Waals surface area contributed by atoms with Gasteiger partial charge in [0.2, 0.25) is 5.43 Å². The van der Waals surface area contributed by atoms with Gasteiger partial charge >= 0.3 is 0 Å². The molecule has 2 atom stereocenters. The fraction of sp³-hybridized carbons (Fsp3) is 0.524. The predicted molar refractivity (Wildman–Crippen MR) is 114 cm³/mol. The SMILES string of the molecule is CNC1C[C@H]2CCCc3c(c(F)cc4c(=O)c5c(=O)[nH]sc5n(C5CC5)c34)N2C1. The zero-order chi connectivity index (χ0) is 19.9. The van der Waals surface area contributed by atoms with Crippen molar-refractivity contribution in [3.63, 3.8) is 0 Å². The van der Waals surface area contributed by atoms with Crippen LogP contribution in [0.25, 0.3) is 21.1 Å². The van der Waals surface area contributed by atoms with Crippen LogP contribution in [-0.4, -0.2) is 34.6 Å². The van der Waals surface area contributed by atoms with Crippen LogP contribution in [0, 0.1) is 5.82 Å². The van der Waals surface area contributed by atoms with E-state index in [0.717, 1.165) is 56.1 Å². The lowest BCUT2D eigenvalue weighted by atomic mass is 10.00. The van der Waals surface area contributed by atoms with Crippen LogP contribution >= 0.6 is 11.5 Å². The molecule has 3 aliphatic rings. The molecule has 2 fully saturated rings. The molecule has 1 aliphatic carbocycles. The molecule has 6 nitrogen and oxygen atoms in total. The van der Waals surface area contributed by atoms with Crippen molar-refractivity contribution in [3.8, 4) is 0 Å². The number of hydrogen-bond acceptors (Lipinski definition) is 5. The van der Waals surface area contributed by atoms with Gasteiger partial charge in [0.15, 0.2) is 0 Å². The molecular formula is C21H23FN4O2S. The quantitative estimate of drug-likeness (QED) is 0.677. The van der Waals surface area contributed by atoms with Crippen LogP contribution in [0.1, 0.15) is 43.7 Å². The van der Waals surface area contributed by atoms with Gasteiger partial charge in [-0.15, -0.1) is 0 Å². The summed E-state index contributed by atoms with van der Waals surface area (Å²) < 4.78 is 20.4. The molecule has 6 rings (SSSR count). The summed E-state index contributed by atoms with van der Waals surface area (Å²) in [4.78, 5) is 28.5. The Morgan fingerprint density at radius 2 is 2.07 bits per heavy atom. The fourth-order valence-electron chi connectivity index (χ4n) is 5.45. The molecule has 1 saturated heterocycles. The van der Waals surface area contributed by atoms with E-state index in [1.807, 2.05) is 7.05 Å². The number of aromatic nitrogens is 2. The molecular weight excluding hydrogens is 391 g/mol. The highest BCUT2D eigenvalue weighted by atomic mass is 32.1. The van der Waals surface area contributed by atoms with Gasteiger partial charge in [0.1, 0.15) is 16.0 Å². The van der Waals surface area contributed by atoms with Crippen LogP contribution in [0.2, 0.25) is 0 Å². The Morgan fingerprint density at radius 3 is 2.83 bits per heavy atom. The van der Waals surface area contributed by atoms with Gasteiger partial charge in [-0.2, -0.15) is 0 Å². The van der Waals surface area contributed by atoms with Crippen molar-refractivity contribution >= 4 is 38.3 Å². The summed E-state index contributed by atoms with van der Waals surface area (Å²) in [6, 6.07) is 2.35. The Hall–Kier alpha value is -2.19. The predicted octanol–water partition coefficient (Wildman–Crippen LogP) is 2.88. The van der Waals surface area contributed by atoms with Gasteiger partial charge in [-0.3, -0.25) is 14.0 Å². The number of benzene rings is 1. The van der Waals surface area contributed by atoms with E-state index >= 15 is 4.39 Å². The smallest absolute Gasteiger partial charge is 0.271 e. The summed E-state index contributed by atoms with van der Waals surface area (Å²) in [5, 5.41) is 3.88. The maximum Gasteiger partial charge on any atom is 0.271 e. The third-order valence-corrected chi connectivity index (χ3v) is 7.80. The Labute approximate surface area is 170 Å². The molecule has 29 heavy (non-hydrogen) atoms. The van der Waals surface area contributed by atoms with Crippen molar-refractivity contribution in [1.82, 2.24) is 14.3 Å². The first-order chi connectivity index (χ1) is 14.1. The van der Waals surface area contributed by atoms with Crippen LogP contribution in [0.4, 0.5) is 10.1 Å². The Balaban J connectivity index is 1.73. The minimum absolute atomic E-state index is 0.177. The maximum atomic E-state index is 15.5. The molecule has 3 aromatic rings. The maximum absolute atomic E-state index is 15.5. The van der Waals surface area contributed by atoms with E-state index in [2.05, 4.69) is 19.2 Å². The van der Waals surface area contributed by atoms with E-state index in [1.165, 1.54) is 17.6 Å². The minimum atomic E-state index is -0.363. The van der Waals surface area contributed by atoms with Gasteiger partial charge in [0, 0.05) is 35.6 Å². The van der Waals surface area contributed by atoms with Gasteiger partial charge in [0.25, 0.3) is 5.56 Å². The van der Waals surface area contributed by atoms with Crippen LogP contribution in [0.5, 0.6) is 0 Å². The Bertz CT molecular complexity index is 1270. The van der Waals surface area contributed by atoms with Gasteiger partial charge in [-0.25, -0.2) is 4.39 Å². The number of pyridine rings is 1. The zero-order valence-corrected chi connectivity index (χ0v) is 17.1. The second-order valence-electron chi connectivity index (χ2n) is 8.65. The third-order valence-electron chi connectivity index (χ3n) is 6.92. The number of hydrogen-bond donors (Lipinski definition) is 2. The molecule has 1 unspecified atom stereocenters. The zero-order valence-electron chi connectivity index (χ0n) is 16.3. The number of H-pyrrole nitrogens is 1. The highest BCUT2D eigenvalue weighted by molar-refractivity contribution is 7.12. The van der Waals surface area contributed by atoms with Gasteiger partial charge in [0.05, 0.1) is 11.2 Å². The van der Waals surface area contributed by atoms with Crippen LogP contribution in [0.15, 0.2) is 15.7 Å². The fourth-order valence-corrected chi connectivity index (χ4v) is 6.36. The first-order valence-corrected chi connectivity index (χ1v) is 11.2. The number of aryl methyl sites for hydroxylation is 1. The molecule has 1 aromatic carbocycles. The summed E-state index contributed by atoms with van der Waals surface area (Å²) in [6.45, 7) is 0.782. The number of fused-ring (bicyclic) bond motifs is 6. The molecule has 2 aliphatic heterocycles. The van der Waals surface area contributed by atoms with Crippen LogP contribution in [-0.2, 0) is 6.42 Å². The summed E-state index contributed by atoms with van der Waals surface area (Å²) in [5.74, 6) is -0.332. The van der Waals surface area contributed by atoms with Crippen molar-refractivity contribution in [2.75, 3.05) is 18.5 Å². The first kappa shape index (κ1) is 17.7. The molecule has 1 saturated carbocycles.